The summed E-state index contributed by atoms with van der Waals surface area (Å²) in [5.41, 5.74) is 2.85. The first-order valence-electron chi connectivity index (χ1n) is 10.0. The predicted molar refractivity (Wildman–Crippen MR) is 117 cm³/mol. The highest BCUT2D eigenvalue weighted by molar-refractivity contribution is 6.35. The normalized spacial score (nSPS) is 14.5. The summed E-state index contributed by atoms with van der Waals surface area (Å²) in [5.74, 6) is -1.09. The lowest BCUT2D eigenvalue weighted by Crippen LogP contribution is -2.35. The van der Waals surface area contributed by atoms with E-state index in [0.717, 1.165) is 43.8 Å². The molecule has 3 aromatic rings. The number of esters is 1. The molecule has 0 unspecified atom stereocenters. The smallest absolute Gasteiger partial charge is 0.375 e. The zero-order valence-corrected chi connectivity index (χ0v) is 17.9. The van der Waals surface area contributed by atoms with E-state index in [4.69, 9.17) is 25.5 Å². The Morgan fingerprint density at radius 2 is 1.87 bits per heavy atom. The summed E-state index contributed by atoms with van der Waals surface area (Å²) in [6, 6.07) is 12.9. The van der Waals surface area contributed by atoms with Crippen molar-refractivity contribution in [2.75, 3.05) is 38.2 Å². The third-order valence-electron chi connectivity index (χ3n) is 5.18. The first kappa shape index (κ1) is 21.4. The van der Waals surface area contributed by atoms with Crippen molar-refractivity contribution in [1.82, 2.24) is 4.90 Å². The van der Waals surface area contributed by atoms with E-state index in [1.807, 2.05) is 30.3 Å². The van der Waals surface area contributed by atoms with Gasteiger partial charge in [0.2, 0.25) is 5.76 Å². The van der Waals surface area contributed by atoms with Crippen molar-refractivity contribution in [2.24, 2.45) is 0 Å². The topological polar surface area (TPSA) is 81.0 Å². The summed E-state index contributed by atoms with van der Waals surface area (Å²) in [5, 5.41) is 3.88. The van der Waals surface area contributed by atoms with Crippen molar-refractivity contribution in [3.63, 3.8) is 0 Å². The summed E-state index contributed by atoms with van der Waals surface area (Å²) in [6.45, 7) is 5.52. The summed E-state index contributed by atoms with van der Waals surface area (Å²) in [7, 11) is 0. The third kappa shape index (κ3) is 5.07. The summed E-state index contributed by atoms with van der Waals surface area (Å²) in [4.78, 5) is 26.9. The van der Waals surface area contributed by atoms with Crippen LogP contribution in [-0.2, 0) is 20.8 Å². The molecule has 0 atom stereocenters. The molecule has 4 rings (SSSR count). The number of fused-ring (bicyclic) bond motifs is 1. The summed E-state index contributed by atoms with van der Waals surface area (Å²) >= 11 is 6.11. The Morgan fingerprint density at radius 1 is 1.13 bits per heavy atom. The van der Waals surface area contributed by atoms with Crippen molar-refractivity contribution in [3.05, 3.63) is 64.4 Å². The van der Waals surface area contributed by atoms with E-state index >= 15 is 0 Å². The highest BCUT2D eigenvalue weighted by Gasteiger charge is 2.21. The minimum Gasteiger partial charge on any atom is -0.450 e. The number of carbonyl (C=O) groups is 2. The Balaban J connectivity index is 1.30. The molecule has 0 radical (unpaired) electrons. The molecule has 1 saturated heterocycles. The second-order valence-corrected chi connectivity index (χ2v) is 7.79. The van der Waals surface area contributed by atoms with E-state index in [9.17, 15) is 9.59 Å². The second-order valence-electron chi connectivity index (χ2n) is 7.38. The first-order chi connectivity index (χ1) is 15.0. The molecular formula is C23H23ClN2O5. The number of carbonyl (C=O) groups excluding carboxylic acids is 2. The number of benzene rings is 2. The molecular weight excluding hydrogens is 420 g/mol. The van der Waals surface area contributed by atoms with Crippen LogP contribution in [0, 0.1) is 6.92 Å². The van der Waals surface area contributed by atoms with Crippen molar-refractivity contribution in [1.29, 1.82) is 0 Å². The molecule has 0 aliphatic carbocycles. The number of hydrogen-bond donors (Lipinski definition) is 1. The Kier molecular flexibility index (Phi) is 6.56. The molecule has 2 heterocycles. The predicted octanol–water partition coefficient (Wildman–Crippen LogP) is 4.02. The third-order valence-corrected chi connectivity index (χ3v) is 5.48. The van der Waals surface area contributed by atoms with Crippen LogP contribution in [0.15, 0.2) is 46.9 Å². The monoisotopic (exact) mass is 442 g/mol. The van der Waals surface area contributed by atoms with Gasteiger partial charge in [0.15, 0.2) is 12.2 Å². The SMILES string of the molecule is Cc1c(C(=O)OCC(=O)Nc2ccc(CN3CCOCC3)cc2)oc2c(Cl)cccc12. The van der Waals surface area contributed by atoms with Crippen LogP contribution >= 0.6 is 11.6 Å². The lowest BCUT2D eigenvalue weighted by Gasteiger charge is -2.26. The second kappa shape index (κ2) is 9.51. The minimum atomic E-state index is -0.708. The van der Waals surface area contributed by atoms with Gasteiger partial charge in [0.05, 0.1) is 18.2 Å². The van der Waals surface area contributed by atoms with Gasteiger partial charge in [-0.05, 0) is 30.7 Å². The molecule has 31 heavy (non-hydrogen) atoms. The van der Waals surface area contributed by atoms with E-state index in [1.165, 1.54) is 0 Å². The lowest BCUT2D eigenvalue weighted by atomic mass is 10.1. The van der Waals surface area contributed by atoms with Crippen LogP contribution in [0.5, 0.6) is 0 Å². The molecule has 1 fully saturated rings. The molecule has 1 aromatic heterocycles. The van der Waals surface area contributed by atoms with Crippen molar-refractivity contribution in [2.45, 2.75) is 13.5 Å². The number of nitrogens with one attached hydrogen (secondary N) is 1. The molecule has 2 aromatic carbocycles. The number of ether oxygens (including phenoxy) is 2. The zero-order valence-electron chi connectivity index (χ0n) is 17.2. The number of anilines is 1. The van der Waals surface area contributed by atoms with Crippen LogP contribution in [0.3, 0.4) is 0 Å². The fourth-order valence-electron chi connectivity index (χ4n) is 3.51. The number of hydrogen-bond acceptors (Lipinski definition) is 6. The quantitative estimate of drug-likeness (QED) is 0.581. The Hall–Kier alpha value is -2.87. The molecule has 8 heteroatoms. The van der Waals surface area contributed by atoms with Crippen LogP contribution in [0.4, 0.5) is 5.69 Å². The average molecular weight is 443 g/mol. The van der Waals surface area contributed by atoms with Gasteiger partial charge in [-0.15, -0.1) is 0 Å². The number of nitrogens with zero attached hydrogens (tertiary/aromatic N) is 1. The maximum atomic E-state index is 12.4. The Labute approximate surface area is 184 Å². The number of rotatable bonds is 6. The fraction of sp³-hybridized carbons (Fsp3) is 0.304. The van der Waals surface area contributed by atoms with E-state index in [2.05, 4.69) is 10.2 Å². The van der Waals surface area contributed by atoms with Crippen LogP contribution in [0.1, 0.15) is 21.7 Å². The zero-order chi connectivity index (χ0) is 21.8. The average Bonchev–Trinajstić information content (AvgIpc) is 3.12. The summed E-state index contributed by atoms with van der Waals surface area (Å²) < 4.78 is 16.1. The van der Waals surface area contributed by atoms with Crippen LogP contribution in [0.2, 0.25) is 5.02 Å². The molecule has 1 amide bonds. The highest BCUT2D eigenvalue weighted by Crippen LogP contribution is 2.31. The van der Waals surface area contributed by atoms with Crippen LogP contribution < -0.4 is 5.32 Å². The van der Waals surface area contributed by atoms with Gasteiger partial charge in [0, 0.05) is 36.3 Å². The number of halogens is 1. The van der Waals surface area contributed by atoms with Gasteiger partial charge in [-0.25, -0.2) is 4.79 Å². The molecule has 0 spiro atoms. The van der Waals surface area contributed by atoms with Gasteiger partial charge in [0.25, 0.3) is 5.91 Å². The molecule has 162 valence electrons. The number of aryl methyl sites for hydroxylation is 1. The molecule has 0 bridgehead atoms. The van der Waals surface area contributed by atoms with Crippen molar-refractivity contribution < 1.29 is 23.5 Å². The van der Waals surface area contributed by atoms with E-state index < -0.39 is 18.5 Å². The van der Waals surface area contributed by atoms with Crippen LogP contribution in [0.25, 0.3) is 11.0 Å². The van der Waals surface area contributed by atoms with E-state index in [-0.39, 0.29) is 5.76 Å². The van der Waals surface area contributed by atoms with E-state index in [0.29, 0.717) is 21.9 Å². The Morgan fingerprint density at radius 3 is 2.58 bits per heavy atom. The number of amides is 1. The van der Waals surface area contributed by atoms with Crippen molar-refractivity contribution >= 4 is 40.1 Å². The number of para-hydroxylation sites is 1. The van der Waals surface area contributed by atoms with Gasteiger partial charge in [-0.2, -0.15) is 0 Å². The molecule has 1 aliphatic heterocycles. The largest absolute Gasteiger partial charge is 0.450 e. The Bertz CT molecular complexity index is 1090. The van der Waals surface area contributed by atoms with Gasteiger partial charge in [-0.3, -0.25) is 9.69 Å². The number of morpholine rings is 1. The van der Waals surface area contributed by atoms with Crippen molar-refractivity contribution in [3.8, 4) is 0 Å². The van der Waals surface area contributed by atoms with Gasteiger partial charge >= 0.3 is 5.97 Å². The molecule has 1 N–H and O–H groups in total. The van der Waals surface area contributed by atoms with E-state index in [1.54, 1.807) is 19.1 Å². The minimum absolute atomic E-state index is 0.0448. The maximum absolute atomic E-state index is 12.4. The molecule has 1 aliphatic rings. The fourth-order valence-corrected chi connectivity index (χ4v) is 3.72. The molecule has 0 saturated carbocycles. The van der Waals surface area contributed by atoms with Crippen LogP contribution in [-0.4, -0.2) is 49.7 Å². The maximum Gasteiger partial charge on any atom is 0.375 e. The van der Waals surface area contributed by atoms with Gasteiger partial charge in [-0.1, -0.05) is 35.9 Å². The molecule has 7 nitrogen and oxygen atoms in total. The highest BCUT2D eigenvalue weighted by atomic mass is 35.5. The number of furan rings is 1. The lowest BCUT2D eigenvalue weighted by molar-refractivity contribution is -0.119. The first-order valence-corrected chi connectivity index (χ1v) is 10.4. The van der Waals surface area contributed by atoms with Gasteiger partial charge < -0.3 is 19.2 Å². The summed E-state index contributed by atoms with van der Waals surface area (Å²) in [6.07, 6.45) is 0. The standard InChI is InChI=1S/C23H23ClN2O5/c1-15-18-3-2-4-19(24)22(18)31-21(15)23(28)30-14-20(27)25-17-7-5-16(6-8-17)13-26-9-11-29-12-10-26/h2-8H,9-14H2,1H3,(H,25,27). The van der Waals surface area contributed by atoms with Gasteiger partial charge in [0.1, 0.15) is 0 Å².